The molecular formula is C23H31N3O5. The molecule has 1 N–H and O–H groups in total. The van der Waals surface area contributed by atoms with E-state index in [1.165, 1.54) is 4.90 Å². The first-order chi connectivity index (χ1) is 14.8. The zero-order valence-corrected chi connectivity index (χ0v) is 18.4. The molecule has 1 aromatic rings. The van der Waals surface area contributed by atoms with Crippen LogP contribution in [0.1, 0.15) is 43.5 Å². The molecule has 3 unspecified atom stereocenters. The van der Waals surface area contributed by atoms with Crippen LogP contribution in [0.15, 0.2) is 24.3 Å². The number of nitrogens with zero attached hydrogens (tertiary/aromatic N) is 2. The number of anilines is 1. The van der Waals surface area contributed by atoms with E-state index in [9.17, 15) is 19.2 Å². The van der Waals surface area contributed by atoms with Gasteiger partial charge in [0.05, 0.1) is 19.1 Å². The molecule has 2 aliphatic rings. The summed E-state index contributed by atoms with van der Waals surface area (Å²) in [5, 5.41) is 2.86. The maximum Gasteiger partial charge on any atom is 0.310 e. The van der Waals surface area contributed by atoms with Crippen LogP contribution in [0, 0.1) is 17.8 Å². The summed E-state index contributed by atoms with van der Waals surface area (Å²) in [5.74, 6) is -0.665. The van der Waals surface area contributed by atoms with E-state index in [0.717, 1.165) is 12.8 Å². The molecule has 1 aromatic carbocycles. The standard InChI is InChI=1S/C23H31N3O5/c1-4-31-23(30)17-8-6-10-26(13-17)20(27)14-25(3)22(29)16-7-5-9-18(12-16)24-21(28)19-11-15(19)2/h5,7,9,12,15,17,19H,4,6,8,10-11,13-14H2,1-3H3,(H,24,28). The molecule has 0 spiro atoms. The van der Waals surface area contributed by atoms with Gasteiger partial charge in [-0.1, -0.05) is 13.0 Å². The second kappa shape index (κ2) is 9.94. The van der Waals surface area contributed by atoms with Crippen molar-refractivity contribution in [2.45, 2.75) is 33.1 Å². The van der Waals surface area contributed by atoms with Gasteiger partial charge in [0.1, 0.15) is 0 Å². The number of piperidine rings is 1. The van der Waals surface area contributed by atoms with Gasteiger partial charge in [-0.05, 0) is 50.3 Å². The highest BCUT2D eigenvalue weighted by Crippen LogP contribution is 2.38. The lowest BCUT2D eigenvalue weighted by atomic mass is 9.98. The van der Waals surface area contributed by atoms with Crippen molar-refractivity contribution in [3.05, 3.63) is 29.8 Å². The molecule has 2 fully saturated rings. The Labute approximate surface area is 182 Å². The number of esters is 1. The molecule has 3 amide bonds. The van der Waals surface area contributed by atoms with Gasteiger partial charge in [0.2, 0.25) is 11.8 Å². The maximum atomic E-state index is 12.8. The summed E-state index contributed by atoms with van der Waals surface area (Å²) in [7, 11) is 1.57. The number of ether oxygens (including phenoxy) is 1. The minimum Gasteiger partial charge on any atom is -0.466 e. The van der Waals surface area contributed by atoms with Gasteiger partial charge in [0.25, 0.3) is 5.91 Å². The Hall–Kier alpha value is -2.90. The number of amides is 3. The van der Waals surface area contributed by atoms with Crippen molar-refractivity contribution >= 4 is 29.4 Å². The van der Waals surface area contributed by atoms with Crippen molar-refractivity contribution < 1.29 is 23.9 Å². The lowest BCUT2D eigenvalue weighted by molar-refractivity contribution is -0.151. The number of carbonyl (C=O) groups excluding carboxylic acids is 4. The van der Waals surface area contributed by atoms with Crippen LogP contribution in [0.4, 0.5) is 5.69 Å². The Morgan fingerprint density at radius 1 is 1.26 bits per heavy atom. The molecule has 0 bridgehead atoms. The molecule has 0 radical (unpaired) electrons. The lowest BCUT2D eigenvalue weighted by Crippen LogP contribution is -2.47. The summed E-state index contributed by atoms with van der Waals surface area (Å²) in [6.45, 7) is 4.92. The Kier molecular flexibility index (Phi) is 7.30. The number of hydrogen-bond acceptors (Lipinski definition) is 5. The molecule has 1 saturated carbocycles. The van der Waals surface area contributed by atoms with Gasteiger partial charge in [0.15, 0.2) is 0 Å². The van der Waals surface area contributed by atoms with Crippen molar-refractivity contribution in [1.82, 2.24) is 9.80 Å². The molecule has 1 heterocycles. The van der Waals surface area contributed by atoms with E-state index in [4.69, 9.17) is 4.74 Å². The van der Waals surface area contributed by atoms with E-state index >= 15 is 0 Å². The van der Waals surface area contributed by atoms with Gasteiger partial charge < -0.3 is 19.9 Å². The second-order valence-electron chi connectivity index (χ2n) is 8.48. The minimum absolute atomic E-state index is 0.0260. The number of carbonyl (C=O) groups is 4. The molecule has 0 aromatic heterocycles. The predicted molar refractivity (Wildman–Crippen MR) is 115 cm³/mol. The lowest BCUT2D eigenvalue weighted by Gasteiger charge is -2.32. The molecule has 168 valence electrons. The molecule has 8 nitrogen and oxygen atoms in total. The highest BCUT2D eigenvalue weighted by atomic mass is 16.5. The summed E-state index contributed by atoms with van der Waals surface area (Å²) in [6.07, 6.45) is 2.33. The average Bonchev–Trinajstić information content (AvgIpc) is 3.50. The molecule has 3 rings (SSSR count). The summed E-state index contributed by atoms with van der Waals surface area (Å²) in [4.78, 5) is 52.7. The summed E-state index contributed by atoms with van der Waals surface area (Å²) >= 11 is 0. The fraction of sp³-hybridized carbons (Fsp3) is 0.565. The SMILES string of the molecule is CCOC(=O)C1CCCN(C(=O)CN(C)C(=O)c2cccc(NC(=O)C3CC3C)c2)C1. The maximum absolute atomic E-state index is 12.8. The Morgan fingerprint density at radius 2 is 2.00 bits per heavy atom. The van der Waals surface area contributed by atoms with E-state index < -0.39 is 0 Å². The monoisotopic (exact) mass is 429 g/mol. The van der Waals surface area contributed by atoms with Gasteiger partial charge in [-0.3, -0.25) is 19.2 Å². The highest BCUT2D eigenvalue weighted by molar-refractivity contribution is 5.99. The van der Waals surface area contributed by atoms with E-state index in [-0.39, 0.29) is 42.1 Å². The number of rotatable bonds is 7. The van der Waals surface area contributed by atoms with Gasteiger partial charge in [-0.15, -0.1) is 0 Å². The molecular weight excluding hydrogens is 398 g/mol. The number of likely N-dealkylation sites (N-methyl/N-ethyl adjacent to an activating group) is 1. The van der Waals surface area contributed by atoms with E-state index in [0.29, 0.717) is 43.3 Å². The minimum atomic E-state index is -0.312. The topological polar surface area (TPSA) is 96.0 Å². The van der Waals surface area contributed by atoms with Crippen molar-refractivity contribution in [2.75, 3.05) is 38.6 Å². The quantitative estimate of drug-likeness (QED) is 0.670. The average molecular weight is 430 g/mol. The molecule has 1 aliphatic heterocycles. The van der Waals surface area contributed by atoms with Crippen LogP contribution < -0.4 is 5.32 Å². The van der Waals surface area contributed by atoms with Gasteiger partial charge in [-0.25, -0.2) is 0 Å². The molecule has 31 heavy (non-hydrogen) atoms. The summed E-state index contributed by atoms with van der Waals surface area (Å²) in [6, 6.07) is 6.75. The zero-order valence-electron chi connectivity index (χ0n) is 18.4. The molecule has 1 aliphatic carbocycles. The van der Waals surface area contributed by atoms with Crippen LogP contribution in [-0.2, 0) is 19.1 Å². The fourth-order valence-corrected chi connectivity index (χ4v) is 3.90. The van der Waals surface area contributed by atoms with Crippen LogP contribution in [0.3, 0.4) is 0 Å². The smallest absolute Gasteiger partial charge is 0.310 e. The number of hydrogen-bond donors (Lipinski definition) is 1. The summed E-state index contributed by atoms with van der Waals surface area (Å²) in [5.41, 5.74) is 0.975. The van der Waals surface area contributed by atoms with E-state index in [2.05, 4.69) is 5.32 Å². The summed E-state index contributed by atoms with van der Waals surface area (Å²) < 4.78 is 5.08. The zero-order chi connectivity index (χ0) is 22.5. The third kappa shape index (κ3) is 5.83. The number of nitrogens with one attached hydrogen (secondary N) is 1. The molecule has 3 atom stereocenters. The van der Waals surface area contributed by atoms with Crippen LogP contribution >= 0.6 is 0 Å². The first-order valence-corrected chi connectivity index (χ1v) is 10.9. The van der Waals surface area contributed by atoms with Gasteiger partial charge >= 0.3 is 5.97 Å². The van der Waals surface area contributed by atoms with Crippen molar-refractivity contribution in [2.24, 2.45) is 17.8 Å². The van der Waals surface area contributed by atoms with E-state index in [1.807, 2.05) is 6.92 Å². The molecule has 8 heteroatoms. The van der Waals surface area contributed by atoms with Crippen LogP contribution in [0.2, 0.25) is 0 Å². The second-order valence-corrected chi connectivity index (χ2v) is 8.48. The first-order valence-electron chi connectivity index (χ1n) is 10.9. The number of benzene rings is 1. The Morgan fingerprint density at radius 3 is 2.68 bits per heavy atom. The Bertz CT molecular complexity index is 855. The van der Waals surface area contributed by atoms with E-state index in [1.54, 1.807) is 43.1 Å². The molecule has 1 saturated heterocycles. The van der Waals surface area contributed by atoms with Crippen LogP contribution in [-0.4, -0.2) is 66.8 Å². The fourth-order valence-electron chi connectivity index (χ4n) is 3.90. The number of likely N-dealkylation sites (tertiary alicyclic amines) is 1. The predicted octanol–water partition coefficient (Wildman–Crippen LogP) is 2.15. The van der Waals surface area contributed by atoms with Crippen molar-refractivity contribution in [1.29, 1.82) is 0 Å². The van der Waals surface area contributed by atoms with Crippen LogP contribution in [0.5, 0.6) is 0 Å². The first kappa shape index (κ1) is 22.8. The largest absolute Gasteiger partial charge is 0.466 e. The third-order valence-corrected chi connectivity index (χ3v) is 5.94. The normalized spacial score (nSPS) is 22.4. The van der Waals surface area contributed by atoms with Crippen LogP contribution in [0.25, 0.3) is 0 Å². The van der Waals surface area contributed by atoms with Gasteiger partial charge in [0, 0.05) is 37.3 Å². The highest BCUT2D eigenvalue weighted by Gasteiger charge is 2.39. The van der Waals surface area contributed by atoms with Gasteiger partial charge in [-0.2, -0.15) is 0 Å². The third-order valence-electron chi connectivity index (χ3n) is 5.94. The van der Waals surface area contributed by atoms with Crippen molar-refractivity contribution in [3.8, 4) is 0 Å². The Balaban J connectivity index is 1.56. The van der Waals surface area contributed by atoms with Crippen molar-refractivity contribution in [3.63, 3.8) is 0 Å².